The second kappa shape index (κ2) is 10.4. The molecular formula is C23H30FIN4O. The topological polar surface area (TPSA) is 73.9 Å². The van der Waals surface area contributed by atoms with Crippen molar-refractivity contribution in [1.29, 1.82) is 0 Å². The van der Waals surface area contributed by atoms with Crippen molar-refractivity contribution in [2.75, 3.05) is 23.3 Å². The Bertz CT molecular complexity index is 897. The maximum absolute atomic E-state index is 14.6. The van der Waals surface area contributed by atoms with Gasteiger partial charge in [0.1, 0.15) is 5.82 Å². The van der Waals surface area contributed by atoms with E-state index in [-0.39, 0.29) is 35.9 Å². The van der Waals surface area contributed by atoms with Crippen molar-refractivity contribution in [2.45, 2.75) is 51.2 Å². The fourth-order valence-electron chi connectivity index (χ4n) is 4.26. The molecule has 1 aliphatic carbocycles. The molecule has 0 radical (unpaired) electrons. The molecule has 30 heavy (non-hydrogen) atoms. The number of guanidine groups is 1. The predicted molar refractivity (Wildman–Crippen MR) is 131 cm³/mol. The fraction of sp³-hybridized carbons (Fsp3) is 0.435. The van der Waals surface area contributed by atoms with Gasteiger partial charge in [0.05, 0.1) is 18.3 Å². The third kappa shape index (κ3) is 5.43. The number of aliphatic imine (C=N–C) groups is 1. The van der Waals surface area contributed by atoms with Crippen molar-refractivity contribution in [1.82, 2.24) is 0 Å². The van der Waals surface area contributed by atoms with E-state index in [2.05, 4.69) is 16.4 Å². The molecule has 7 heteroatoms. The molecule has 0 atom stereocenters. The Morgan fingerprint density at radius 2 is 1.93 bits per heavy atom. The second-order valence-corrected chi connectivity index (χ2v) is 7.98. The number of hydrogen-bond donors (Lipinski definition) is 3. The standard InChI is InChI=1S/C23H29FN4O.HI/c24-20-14-16(8-9-22(20)28-12-10-18(29)11-13-28)15-26-23(25)27-21-7-3-5-17-4-1-2-6-19(17)21;/h3,5,7-9,14,18,29H,1-2,4,6,10-13,15H2,(H3,25,26,27);1H. The van der Waals surface area contributed by atoms with Crippen LogP contribution in [-0.2, 0) is 19.4 Å². The van der Waals surface area contributed by atoms with Crippen molar-refractivity contribution in [3.05, 3.63) is 58.9 Å². The van der Waals surface area contributed by atoms with E-state index in [9.17, 15) is 9.50 Å². The minimum atomic E-state index is -0.270. The first-order chi connectivity index (χ1) is 14.1. The summed E-state index contributed by atoms with van der Waals surface area (Å²) in [6.45, 7) is 1.67. The van der Waals surface area contributed by atoms with Crippen molar-refractivity contribution >= 4 is 41.3 Å². The number of nitrogens with zero attached hydrogens (tertiary/aromatic N) is 2. The first-order valence-corrected chi connectivity index (χ1v) is 10.5. The maximum atomic E-state index is 14.6. The lowest BCUT2D eigenvalue weighted by Gasteiger charge is -2.31. The van der Waals surface area contributed by atoms with Crippen LogP contribution < -0.4 is 16.0 Å². The summed E-state index contributed by atoms with van der Waals surface area (Å²) in [5.74, 6) is 0.0937. The summed E-state index contributed by atoms with van der Waals surface area (Å²) in [5.41, 5.74) is 11.2. The van der Waals surface area contributed by atoms with Crippen molar-refractivity contribution < 1.29 is 9.50 Å². The highest BCUT2D eigenvalue weighted by Gasteiger charge is 2.19. The first-order valence-electron chi connectivity index (χ1n) is 10.5. The number of aliphatic hydroxyl groups is 1. The average molecular weight is 524 g/mol. The lowest BCUT2D eigenvalue weighted by atomic mass is 9.90. The molecule has 0 spiro atoms. The zero-order chi connectivity index (χ0) is 20.2. The summed E-state index contributed by atoms with van der Waals surface area (Å²) in [7, 11) is 0. The Hall–Kier alpha value is -1.87. The summed E-state index contributed by atoms with van der Waals surface area (Å²) < 4.78 is 14.6. The summed E-state index contributed by atoms with van der Waals surface area (Å²) in [6.07, 6.45) is 5.70. The van der Waals surface area contributed by atoms with Crippen LogP contribution in [0.15, 0.2) is 41.4 Å². The number of anilines is 2. The van der Waals surface area contributed by atoms with Gasteiger partial charge in [-0.15, -0.1) is 24.0 Å². The number of nitrogens with two attached hydrogens (primary N) is 1. The van der Waals surface area contributed by atoms with Gasteiger partial charge in [-0.1, -0.05) is 18.2 Å². The monoisotopic (exact) mass is 524 g/mol. The number of aryl methyl sites for hydroxylation is 1. The Labute approximate surface area is 194 Å². The summed E-state index contributed by atoms with van der Waals surface area (Å²) in [5, 5.41) is 12.9. The maximum Gasteiger partial charge on any atom is 0.193 e. The molecule has 5 nitrogen and oxygen atoms in total. The SMILES string of the molecule is I.NC(=NCc1ccc(N2CCC(O)CC2)c(F)c1)Nc1cccc2c1CCCC2. The number of benzene rings is 2. The van der Waals surface area contributed by atoms with Crippen LogP contribution in [0.5, 0.6) is 0 Å². The lowest BCUT2D eigenvalue weighted by Crippen LogP contribution is -2.36. The van der Waals surface area contributed by atoms with Crippen LogP contribution in [0.2, 0.25) is 0 Å². The van der Waals surface area contributed by atoms with Crippen LogP contribution in [0, 0.1) is 5.82 Å². The van der Waals surface area contributed by atoms with E-state index >= 15 is 0 Å². The predicted octanol–water partition coefficient (Wildman–Crippen LogP) is 4.21. The van der Waals surface area contributed by atoms with Gasteiger partial charge in [-0.3, -0.25) is 0 Å². The van der Waals surface area contributed by atoms with Gasteiger partial charge in [0.15, 0.2) is 5.96 Å². The third-order valence-electron chi connectivity index (χ3n) is 5.91. The molecule has 1 fully saturated rings. The molecule has 0 unspecified atom stereocenters. The molecule has 162 valence electrons. The van der Waals surface area contributed by atoms with E-state index in [1.807, 2.05) is 23.1 Å². The van der Waals surface area contributed by atoms with Gasteiger partial charge in [0, 0.05) is 18.8 Å². The molecule has 4 N–H and O–H groups in total. The first kappa shape index (κ1) is 22.8. The molecule has 2 aliphatic rings. The zero-order valence-electron chi connectivity index (χ0n) is 17.1. The summed E-state index contributed by atoms with van der Waals surface area (Å²) >= 11 is 0. The second-order valence-electron chi connectivity index (χ2n) is 7.98. The fourth-order valence-corrected chi connectivity index (χ4v) is 4.26. The van der Waals surface area contributed by atoms with Gasteiger partial charge in [-0.25, -0.2) is 9.38 Å². The van der Waals surface area contributed by atoms with Crippen LogP contribution in [0.1, 0.15) is 42.4 Å². The van der Waals surface area contributed by atoms with Crippen LogP contribution in [0.3, 0.4) is 0 Å². The number of rotatable bonds is 4. The van der Waals surface area contributed by atoms with Crippen molar-refractivity contribution in [2.24, 2.45) is 10.7 Å². The van der Waals surface area contributed by atoms with Gasteiger partial charge in [0.25, 0.3) is 0 Å². The molecule has 0 saturated carbocycles. The molecule has 1 heterocycles. The Kier molecular flexibility index (Phi) is 7.93. The molecule has 1 aliphatic heterocycles. The van der Waals surface area contributed by atoms with Crippen LogP contribution in [0.25, 0.3) is 0 Å². The van der Waals surface area contributed by atoms with Crippen LogP contribution >= 0.6 is 24.0 Å². The number of piperidine rings is 1. The van der Waals surface area contributed by atoms with Crippen molar-refractivity contribution in [3.63, 3.8) is 0 Å². The number of fused-ring (bicyclic) bond motifs is 1. The molecule has 2 aromatic rings. The number of hydrogen-bond acceptors (Lipinski definition) is 3. The largest absolute Gasteiger partial charge is 0.393 e. The summed E-state index contributed by atoms with van der Waals surface area (Å²) in [4.78, 5) is 6.39. The Morgan fingerprint density at radius 1 is 1.17 bits per heavy atom. The Balaban J connectivity index is 0.00000256. The van der Waals surface area contributed by atoms with Gasteiger partial charge in [-0.2, -0.15) is 0 Å². The van der Waals surface area contributed by atoms with E-state index in [1.54, 1.807) is 6.07 Å². The molecule has 0 bridgehead atoms. The highest BCUT2D eigenvalue weighted by atomic mass is 127. The lowest BCUT2D eigenvalue weighted by molar-refractivity contribution is 0.145. The molecule has 0 aromatic heterocycles. The van der Waals surface area contributed by atoms with Gasteiger partial charge in [-0.05, 0) is 73.4 Å². The van der Waals surface area contributed by atoms with E-state index in [1.165, 1.54) is 30.0 Å². The molecule has 1 saturated heterocycles. The molecular weight excluding hydrogens is 494 g/mol. The van der Waals surface area contributed by atoms with E-state index in [0.717, 1.165) is 24.1 Å². The quantitative estimate of drug-likeness (QED) is 0.319. The molecule has 4 rings (SSSR count). The van der Waals surface area contributed by atoms with Gasteiger partial charge < -0.3 is 21.1 Å². The van der Waals surface area contributed by atoms with Crippen molar-refractivity contribution in [3.8, 4) is 0 Å². The minimum absolute atomic E-state index is 0. The third-order valence-corrected chi connectivity index (χ3v) is 5.91. The normalized spacial score (nSPS) is 17.3. The smallest absolute Gasteiger partial charge is 0.193 e. The van der Waals surface area contributed by atoms with Crippen LogP contribution in [-0.4, -0.2) is 30.3 Å². The molecule has 0 amide bonds. The Morgan fingerprint density at radius 3 is 2.70 bits per heavy atom. The zero-order valence-corrected chi connectivity index (χ0v) is 19.4. The minimum Gasteiger partial charge on any atom is -0.393 e. The number of halogens is 2. The average Bonchev–Trinajstić information content (AvgIpc) is 2.73. The van der Waals surface area contributed by atoms with E-state index in [0.29, 0.717) is 44.1 Å². The highest BCUT2D eigenvalue weighted by molar-refractivity contribution is 14.0. The number of aliphatic hydroxyl groups excluding tert-OH is 1. The summed E-state index contributed by atoms with van der Waals surface area (Å²) in [6, 6.07) is 11.5. The van der Waals surface area contributed by atoms with Gasteiger partial charge in [0.2, 0.25) is 0 Å². The van der Waals surface area contributed by atoms with E-state index in [4.69, 9.17) is 5.73 Å². The van der Waals surface area contributed by atoms with E-state index < -0.39 is 0 Å². The molecule has 2 aromatic carbocycles. The highest BCUT2D eigenvalue weighted by Crippen LogP contribution is 2.28. The number of nitrogens with one attached hydrogen (secondary N) is 1. The van der Waals surface area contributed by atoms with Gasteiger partial charge >= 0.3 is 0 Å². The van der Waals surface area contributed by atoms with Crippen LogP contribution in [0.4, 0.5) is 15.8 Å².